The second-order valence-electron chi connectivity index (χ2n) is 16.2. The minimum Gasteiger partial charge on any atom is -0.490 e. The molecule has 2 saturated heterocycles. The standard InChI is InChI=1S/C25H26F3N3O2.C24H24F3N3O3/c1-18-14-23(25(26,27)28)29-31(18)16-24(32)30-12-10-22(11-13-30)33-17-19-6-5-9-21(15-19)20-7-3-2-4-8-20;1-17-15-22(24(25,26)27)28-30(17)16-23(31)29-13-11-21(12-14-29)33-20-9-7-19(8-10-20)32-18-5-3-2-4-6-18/h2-9,14-15,22H,10-13,16-17H2,1H3;2-10,15,21H,11-14,16H2,1H3. The van der Waals surface area contributed by atoms with Gasteiger partial charge in [-0.3, -0.25) is 19.0 Å². The first-order chi connectivity index (χ1) is 31.6. The zero-order valence-electron chi connectivity index (χ0n) is 36.5. The predicted molar refractivity (Wildman–Crippen MR) is 233 cm³/mol. The molecular weight excluding hydrogens is 867 g/mol. The molecule has 4 aromatic carbocycles. The Bertz CT molecular complexity index is 2510. The number of piperidine rings is 2. The van der Waals surface area contributed by atoms with E-state index in [1.165, 1.54) is 13.8 Å². The number of aromatic nitrogens is 4. The van der Waals surface area contributed by atoms with Crippen molar-refractivity contribution in [2.75, 3.05) is 26.2 Å². The molecule has 6 aromatic rings. The van der Waals surface area contributed by atoms with Gasteiger partial charge in [0.15, 0.2) is 11.4 Å². The highest BCUT2D eigenvalue weighted by Crippen LogP contribution is 2.31. The zero-order chi connectivity index (χ0) is 46.8. The van der Waals surface area contributed by atoms with E-state index in [4.69, 9.17) is 14.2 Å². The highest BCUT2D eigenvalue weighted by Gasteiger charge is 2.36. The second kappa shape index (κ2) is 21.1. The van der Waals surface area contributed by atoms with E-state index in [0.29, 0.717) is 81.4 Å². The van der Waals surface area contributed by atoms with Gasteiger partial charge in [0.25, 0.3) is 0 Å². The van der Waals surface area contributed by atoms with Crippen molar-refractivity contribution in [3.63, 3.8) is 0 Å². The number of para-hydroxylation sites is 1. The van der Waals surface area contributed by atoms with Gasteiger partial charge in [0, 0.05) is 50.4 Å². The zero-order valence-corrected chi connectivity index (χ0v) is 36.5. The van der Waals surface area contributed by atoms with Gasteiger partial charge in [-0.15, -0.1) is 0 Å². The number of likely N-dealkylation sites (tertiary alicyclic amines) is 2. The van der Waals surface area contributed by atoms with Gasteiger partial charge in [-0.1, -0.05) is 66.7 Å². The molecule has 66 heavy (non-hydrogen) atoms. The maximum atomic E-state index is 12.8. The van der Waals surface area contributed by atoms with Crippen LogP contribution in [0.25, 0.3) is 11.1 Å². The fourth-order valence-electron chi connectivity index (χ4n) is 7.66. The van der Waals surface area contributed by atoms with E-state index in [1.54, 1.807) is 9.80 Å². The summed E-state index contributed by atoms with van der Waals surface area (Å²) in [4.78, 5) is 28.5. The molecule has 2 aliphatic rings. The molecule has 0 bridgehead atoms. The molecule has 2 aromatic heterocycles. The van der Waals surface area contributed by atoms with Gasteiger partial charge < -0.3 is 24.0 Å². The Morgan fingerprint density at radius 2 is 1.02 bits per heavy atom. The molecule has 2 aliphatic heterocycles. The van der Waals surface area contributed by atoms with Crippen molar-refractivity contribution in [1.29, 1.82) is 0 Å². The summed E-state index contributed by atoms with van der Waals surface area (Å²) in [6.07, 6.45) is -6.39. The fourth-order valence-corrected chi connectivity index (χ4v) is 7.66. The summed E-state index contributed by atoms with van der Waals surface area (Å²) in [6.45, 7) is 5.09. The Hall–Kier alpha value is -6.62. The molecular formula is C49H50F6N6O5. The van der Waals surface area contributed by atoms with Crippen LogP contribution < -0.4 is 9.47 Å². The van der Waals surface area contributed by atoms with E-state index in [-0.39, 0.29) is 37.1 Å². The Balaban J connectivity index is 0.000000196. The maximum absolute atomic E-state index is 12.8. The highest BCUT2D eigenvalue weighted by atomic mass is 19.4. The molecule has 0 aliphatic carbocycles. The summed E-state index contributed by atoms with van der Waals surface area (Å²) in [5.74, 6) is 1.69. The lowest BCUT2D eigenvalue weighted by Crippen LogP contribution is -2.43. The van der Waals surface area contributed by atoms with Gasteiger partial charge in [0.1, 0.15) is 36.4 Å². The first-order valence-corrected chi connectivity index (χ1v) is 21.6. The lowest BCUT2D eigenvalue weighted by molar-refractivity contribution is -0.142. The Morgan fingerprint density at radius 3 is 1.52 bits per heavy atom. The van der Waals surface area contributed by atoms with E-state index < -0.39 is 23.7 Å². The van der Waals surface area contributed by atoms with Crippen LogP contribution in [0.5, 0.6) is 17.2 Å². The maximum Gasteiger partial charge on any atom is 0.435 e. The number of benzene rings is 4. The normalized spacial score (nSPS) is 15.0. The quantitative estimate of drug-likeness (QED) is 0.113. The molecule has 8 rings (SSSR count). The predicted octanol–water partition coefficient (Wildman–Crippen LogP) is 10.2. The van der Waals surface area contributed by atoms with Crippen LogP contribution in [0.1, 0.15) is 54.0 Å². The first kappa shape index (κ1) is 47.3. The molecule has 0 radical (unpaired) electrons. The number of alkyl halides is 6. The van der Waals surface area contributed by atoms with Crippen LogP contribution in [0.3, 0.4) is 0 Å². The molecule has 17 heteroatoms. The number of halogens is 6. The fraction of sp³-hybridized carbons (Fsp3) is 0.347. The molecule has 4 heterocycles. The number of carbonyl (C=O) groups excluding carboxylic acids is 2. The van der Waals surface area contributed by atoms with E-state index in [1.807, 2.05) is 84.9 Å². The summed E-state index contributed by atoms with van der Waals surface area (Å²) < 4.78 is 97.1. The molecule has 0 unspecified atom stereocenters. The number of hydrogen-bond acceptors (Lipinski definition) is 7. The Morgan fingerprint density at radius 1 is 0.561 bits per heavy atom. The summed E-state index contributed by atoms with van der Waals surface area (Å²) in [6, 6.07) is 37.1. The number of aryl methyl sites for hydroxylation is 2. The monoisotopic (exact) mass is 916 g/mol. The van der Waals surface area contributed by atoms with Gasteiger partial charge in [0.05, 0.1) is 12.7 Å². The molecule has 348 valence electrons. The van der Waals surface area contributed by atoms with Gasteiger partial charge in [0.2, 0.25) is 11.8 Å². The van der Waals surface area contributed by atoms with Crippen molar-refractivity contribution >= 4 is 11.8 Å². The lowest BCUT2D eigenvalue weighted by atomic mass is 10.0. The van der Waals surface area contributed by atoms with Crippen molar-refractivity contribution in [1.82, 2.24) is 29.4 Å². The summed E-state index contributed by atoms with van der Waals surface area (Å²) in [5.41, 5.74) is 2.03. The number of nitrogens with zero attached hydrogens (tertiary/aromatic N) is 6. The van der Waals surface area contributed by atoms with Crippen LogP contribution in [0.2, 0.25) is 0 Å². The largest absolute Gasteiger partial charge is 0.490 e. The number of amides is 2. The smallest absolute Gasteiger partial charge is 0.435 e. The molecule has 0 N–H and O–H groups in total. The average Bonchev–Trinajstić information content (AvgIpc) is 3.88. The summed E-state index contributed by atoms with van der Waals surface area (Å²) >= 11 is 0. The first-order valence-electron chi connectivity index (χ1n) is 21.6. The third kappa shape index (κ3) is 13.0. The van der Waals surface area contributed by atoms with Crippen LogP contribution in [0.15, 0.2) is 121 Å². The topological polar surface area (TPSA) is 104 Å². The Labute approximate surface area is 378 Å². The molecule has 11 nitrogen and oxygen atoms in total. The van der Waals surface area contributed by atoms with Gasteiger partial charge in [-0.2, -0.15) is 36.5 Å². The molecule has 0 saturated carbocycles. The van der Waals surface area contributed by atoms with Gasteiger partial charge >= 0.3 is 12.4 Å². The van der Waals surface area contributed by atoms with Crippen molar-refractivity contribution in [3.8, 4) is 28.4 Å². The van der Waals surface area contributed by atoms with Gasteiger partial charge in [-0.25, -0.2) is 0 Å². The van der Waals surface area contributed by atoms with E-state index >= 15 is 0 Å². The van der Waals surface area contributed by atoms with Crippen LogP contribution in [-0.4, -0.2) is 79.6 Å². The minimum atomic E-state index is -4.53. The SMILES string of the molecule is Cc1cc(C(F)(F)F)nn1CC(=O)N1CCC(OCc2cccc(-c3ccccc3)c2)CC1.Cc1cc(C(F)(F)F)nn1CC(=O)N1CCC(Oc2ccc(Oc3ccccc3)cc2)CC1. The second-order valence-corrected chi connectivity index (χ2v) is 16.2. The van der Waals surface area contributed by atoms with Crippen molar-refractivity contribution < 1.29 is 50.1 Å². The van der Waals surface area contributed by atoms with E-state index in [0.717, 1.165) is 43.9 Å². The average molecular weight is 917 g/mol. The highest BCUT2D eigenvalue weighted by molar-refractivity contribution is 5.76. The third-order valence-electron chi connectivity index (χ3n) is 11.3. The van der Waals surface area contributed by atoms with E-state index in [2.05, 4.69) is 34.5 Å². The third-order valence-corrected chi connectivity index (χ3v) is 11.3. The summed E-state index contributed by atoms with van der Waals surface area (Å²) in [5, 5.41) is 7.07. The van der Waals surface area contributed by atoms with Crippen molar-refractivity contribution in [3.05, 3.63) is 150 Å². The van der Waals surface area contributed by atoms with Gasteiger partial charge in [-0.05, 0) is 98.0 Å². The van der Waals surface area contributed by atoms with Crippen LogP contribution >= 0.6 is 0 Å². The number of hydrogen-bond donors (Lipinski definition) is 0. The number of ether oxygens (including phenoxy) is 3. The lowest BCUT2D eigenvalue weighted by Gasteiger charge is -2.32. The van der Waals surface area contributed by atoms with Crippen LogP contribution in [0.4, 0.5) is 26.3 Å². The minimum absolute atomic E-state index is 0.0395. The van der Waals surface area contributed by atoms with Crippen LogP contribution in [-0.2, 0) is 46.4 Å². The Kier molecular flexibility index (Phi) is 15.2. The summed E-state index contributed by atoms with van der Waals surface area (Å²) in [7, 11) is 0. The molecule has 2 fully saturated rings. The molecule has 2 amide bonds. The number of rotatable bonds is 12. The molecule has 0 spiro atoms. The molecule has 0 atom stereocenters. The van der Waals surface area contributed by atoms with E-state index in [9.17, 15) is 35.9 Å². The van der Waals surface area contributed by atoms with Crippen LogP contribution in [0, 0.1) is 13.8 Å². The van der Waals surface area contributed by atoms with Crippen molar-refractivity contribution in [2.45, 2.75) is 83.8 Å². The number of carbonyl (C=O) groups is 2. The van der Waals surface area contributed by atoms with Crippen molar-refractivity contribution in [2.24, 2.45) is 0 Å².